The molecular weight excluding hydrogens is 1060 g/mol. The highest BCUT2D eigenvalue weighted by atomic mass is 79.9. The van der Waals surface area contributed by atoms with Crippen LogP contribution in [0.15, 0.2) is 86.1 Å². The summed E-state index contributed by atoms with van der Waals surface area (Å²) in [4.78, 5) is 12.9. The topological polar surface area (TPSA) is 222 Å². The Bertz CT molecular complexity index is 3030. The lowest BCUT2D eigenvalue weighted by molar-refractivity contribution is -0.231. The molecule has 9 rings (SSSR count). The number of aliphatic hydroxyl groups excluding tert-OH is 4. The highest BCUT2D eigenvalue weighted by molar-refractivity contribution is 9.10. The van der Waals surface area contributed by atoms with E-state index < -0.39 is 60.9 Å². The monoisotopic (exact) mass is 1140 g/mol. The first kappa shape index (κ1) is 60.5. The van der Waals surface area contributed by atoms with Gasteiger partial charge in [-0.2, -0.15) is 0 Å². The van der Waals surface area contributed by atoms with Crippen LogP contribution in [-0.4, -0.2) is 108 Å². The second-order valence-corrected chi connectivity index (χ2v) is 23.9. The lowest BCUT2D eigenvalue weighted by Crippen LogP contribution is -2.55. The van der Waals surface area contributed by atoms with Crippen molar-refractivity contribution in [1.29, 1.82) is 0 Å². The Morgan fingerprint density at radius 1 is 0.692 bits per heavy atom. The van der Waals surface area contributed by atoms with Crippen molar-refractivity contribution in [3.63, 3.8) is 0 Å². The van der Waals surface area contributed by atoms with Gasteiger partial charge in [-0.05, 0) is 175 Å². The lowest BCUT2D eigenvalue weighted by atomic mass is 9.72. The van der Waals surface area contributed by atoms with Crippen LogP contribution in [0.1, 0.15) is 134 Å². The van der Waals surface area contributed by atoms with Crippen LogP contribution in [0.4, 0.5) is 0 Å². The van der Waals surface area contributed by atoms with E-state index in [2.05, 4.69) is 104 Å². The molecule has 0 saturated carbocycles. The minimum Gasteiger partial charge on any atom is -0.459 e. The third-order valence-electron chi connectivity index (χ3n) is 15.7. The smallest absolute Gasteiger partial charge is 0.459 e. The predicted octanol–water partition coefficient (Wildman–Crippen LogP) is 10.6. The molecular formula is C60H80BBrN4O12. The number of rotatable bonds is 9. The van der Waals surface area contributed by atoms with Gasteiger partial charge in [-0.1, -0.05) is 73.1 Å². The predicted molar refractivity (Wildman–Crippen MR) is 304 cm³/mol. The van der Waals surface area contributed by atoms with Crippen molar-refractivity contribution in [2.24, 2.45) is 17.3 Å². The maximum absolute atomic E-state index is 12.9. The van der Waals surface area contributed by atoms with Gasteiger partial charge in [0.05, 0.1) is 29.3 Å². The van der Waals surface area contributed by atoms with Crippen LogP contribution in [-0.2, 0) is 28.3 Å². The second kappa shape index (κ2) is 24.3. The van der Waals surface area contributed by atoms with E-state index in [1.165, 1.54) is 0 Å². The molecule has 10 atom stereocenters. The molecule has 3 fully saturated rings. The molecule has 18 heteroatoms. The number of nitrogens with zero attached hydrogens (tertiary/aromatic N) is 4. The van der Waals surface area contributed by atoms with E-state index in [-0.39, 0.29) is 37.5 Å². The van der Waals surface area contributed by atoms with Gasteiger partial charge in [0, 0.05) is 36.8 Å². The fourth-order valence-corrected chi connectivity index (χ4v) is 10.1. The first-order chi connectivity index (χ1) is 36.6. The fourth-order valence-electron chi connectivity index (χ4n) is 9.88. The summed E-state index contributed by atoms with van der Waals surface area (Å²) >= 11 is 3.44. The minimum absolute atomic E-state index is 0. The van der Waals surface area contributed by atoms with Gasteiger partial charge < -0.3 is 52.8 Å². The summed E-state index contributed by atoms with van der Waals surface area (Å²) < 4.78 is 43.1. The number of aromatic nitrogens is 4. The van der Waals surface area contributed by atoms with Gasteiger partial charge in [0.25, 0.3) is 0 Å². The van der Waals surface area contributed by atoms with Crippen LogP contribution in [0, 0.1) is 58.8 Å². The molecule has 4 N–H and O–H groups in total. The SMILES string of the molecule is CC[C@H]1O[C@H](c2cccc(B3OC(C)(C)C(C)(C)O3)c2C)[C@@H](OC(=O)C(C)(C)C)[C@@H](C)[C@@H]1C.Cc1nnc(-c2ccc(-c3cc([C@H]4O[C@H](CO)[C@@H](O)[C@H](O)[C@@H]4O)ccc3C)c(C)c2)o1.Cc1nnc(-c2ccc(Br)c(C)c2)o1.[HH]. The summed E-state index contributed by atoms with van der Waals surface area (Å²) in [5.74, 6) is 2.36. The maximum Gasteiger partial charge on any atom is 0.495 e. The molecule has 0 bridgehead atoms. The van der Waals surface area contributed by atoms with Gasteiger partial charge in [-0.25, -0.2) is 0 Å². The molecule has 0 spiro atoms. The molecule has 78 heavy (non-hydrogen) atoms. The summed E-state index contributed by atoms with van der Waals surface area (Å²) in [6.45, 7) is 31.6. The van der Waals surface area contributed by atoms with E-state index in [1.807, 2.05) is 102 Å². The van der Waals surface area contributed by atoms with E-state index in [9.17, 15) is 25.2 Å². The first-order valence-corrected chi connectivity index (χ1v) is 27.6. The molecule has 6 aromatic rings. The van der Waals surface area contributed by atoms with E-state index in [4.69, 9.17) is 32.4 Å². The van der Waals surface area contributed by atoms with Crippen LogP contribution in [0.25, 0.3) is 34.0 Å². The molecule has 4 aromatic carbocycles. The standard InChI is InChI=1S/C27H43BO5.C23H26N2O6.C10H9BrN2O.H2/c1-12-21-16(2)17(3)22(31-24(29)25(5,6)7)23(30-21)19-14-13-15-20(18(19)4)28-32-26(8,9)27(10,11)33-28;1-11-4-5-14(22-21(29)20(28)19(27)18(10-26)31-22)9-17(11)16-7-6-15(8-12(16)2)23-25-24-13(3)30-23;1-6-5-8(3-4-9(6)11)10-13-12-7(2)14-10;/h13-17,21-23H,12H2,1-11H3;4-9,18-22,26-29H,10H2,1-3H3;3-5H,1-2H3;1H/t16-,17-,21+,22-,23+;18-,19-,20+,21+,22-;;/m01../s1. The van der Waals surface area contributed by atoms with Crippen molar-refractivity contribution in [3.8, 4) is 34.0 Å². The van der Waals surface area contributed by atoms with E-state index in [0.717, 1.165) is 66.4 Å². The van der Waals surface area contributed by atoms with Crippen LogP contribution >= 0.6 is 15.9 Å². The molecule has 16 nitrogen and oxygen atoms in total. The second-order valence-electron chi connectivity index (χ2n) is 23.1. The summed E-state index contributed by atoms with van der Waals surface area (Å²) in [6.07, 6.45) is -5.63. The summed E-state index contributed by atoms with van der Waals surface area (Å²) in [5.41, 5.74) is 9.23. The van der Waals surface area contributed by atoms with Gasteiger partial charge in [-0.15, -0.1) is 20.4 Å². The molecule has 422 valence electrons. The zero-order valence-corrected chi connectivity index (χ0v) is 49.5. The Morgan fingerprint density at radius 3 is 1.79 bits per heavy atom. The molecule has 0 unspecified atom stereocenters. The van der Waals surface area contributed by atoms with Crippen LogP contribution in [0.3, 0.4) is 0 Å². The van der Waals surface area contributed by atoms with Crippen molar-refractivity contribution < 1.29 is 59.0 Å². The Hall–Kier alpha value is -5.15. The highest BCUT2D eigenvalue weighted by Gasteiger charge is 2.53. The first-order valence-electron chi connectivity index (χ1n) is 26.8. The van der Waals surface area contributed by atoms with E-state index in [1.54, 1.807) is 13.8 Å². The zero-order chi connectivity index (χ0) is 57.3. The minimum atomic E-state index is -1.42. The molecule has 3 aliphatic rings. The highest BCUT2D eigenvalue weighted by Crippen LogP contribution is 2.44. The quantitative estimate of drug-likeness (QED) is 0.0781. The number of carbonyl (C=O) groups excluding carboxylic acids is 1. The average Bonchev–Trinajstić information content (AvgIpc) is 4.29. The van der Waals surface area contributed by atoms with Crippen molar-refractivity contribution in [3.05, 3.63) is 122 Å². The molecule has 0 amide bonds. The number of carbonyl (C=O) groups is 1. The molecule has 3 saturated heterocycles. The summed E-state index contributed by atoms with van der Waals surface area (Å²) in [6, 6.07) is 23.6. The van der Waals surface area contributed by atoms with Gasteiger partial charge in [0.15, 0.2) is 0 Å². The normalized spacial score (nSPS) is 25.6. The molecule has 3 aliphatic heterocycles. The van der Waals surface area contributed by atoms with Gasteiger partial charge in [-0.3, -0.25) is 4.79 Å². The number of hydrogen-bond donors (Lipinski definition) is 4. The number of halogens is 1. The summed E-state index contributed by atoms with van der Waals surface area (Å²) in [5, 5.41) is 55.8. The molecule has 0 radical (unpaired) electrons. The number of esters is 1. The number of hydrogen-bond acceptors (Lipinski definition) is 16. The van der Waals surface area contributed by atoms with E-state index in [0.29, 0.717) is 29.1 Å². The largest absolute Gasteiger partial charge is 0.495 e. The third-order valence-corrected chi connectivity index (χ3v) is 16.6. The Balaban J connectivity index is 0.000000204. The number of aliphatic hydroxyl groups is 4. The van der Waals surface area contributed by atoms with Crippen molar-refractivity contribution >= 4 is 34.5 Å². The molecule has 5 heterocycles. The van der Waals surface area contributed by atoms with Gasteiger partial charge >= 0.3 is 13.1 Å². The number of ether oxygens (including phenoxy) is 3. The van der Waals surface area contributed by atoms with Crippen LogP contribution in [0.2, 0.25) is 0 Å². The van der Waals surface area contributed by atoms with Crippen molar-refractivity contribution in [2.75, 3.05) is 6.61 Å². The number of aryl methyl sites for hydroxylation is 5. The van der Waals surface area contributed by atoms with Crippen molar-refractivity contribution in [1.82, 2.24) is 20.4 Å². The molecule has 0 aliphatic carbocycles. The van der Waals surface area contributed by atoms with Crippen LogP contribution < -0.4 is 5.46 Å². The zero-order valence-electron chi connectivity index (χ0n) is 47.9. The lowest BCUT2D eigenvalue weighted by Gasteiger charge is -2.45. The average molecular weight is 1140 g/mol. The third kappa shape index (κ3) is 13.0. The van der Waals surface area contributed by atoms with Crippen LogP contribution in [0.5, 0.6) is 0 Å². The maximum atomic E-state index is 12.9. The van der Waals surface area contributed by atoms with Gasteiger partial charge in [0.1, 0.15) is 42.7 Å². The Labute approximate surface area is 469 Å². The van der Waals surface area contributed by atoms with Gasteiger partial charge in [0.2, 0.25) is 23.6 Å². The summed E-state index contributed by atoms with van der Waals surface area (Å²) in [7, 11) is -0.451. The van der Waals surface area contributed by atoms with Crippen molar-refractivity contribution in [2.45, 2.75) is 177 Å². The number of benzene rings is 4. The molecule has 2 aromatic heterocycles. The Morgan fingerprint density at radius 2 is 1.27 bits per heavy atom. The van der Waals surface area contributed by atoms with E-state index >= 15 is 0 Å². The fraction of sp³-hybridized carbons (Fsp3) is 0.517. The Kier molecular flexibility index (Phi) is 18.8.